The molecule has 0 unspecified atom stereocenters. The first-order valence-electron chi connectivity index (χ1n) is 12.7. The van der Waals surface area contributed by atoms with Crippen LogP contribution < -0.4 is 0 Å². The average Bonchev–Trinajstić information content (AvgIpc) is 2.80. The van der Waals surface area contributed by atoms with Gasteiger partial charge in [-0.2, -0.15) is 0 Å². The van der Waals surface area contributed by atoms with Crippen LogP contribution in [0.1, 0.15) is 76.2 Å². The first kappa shape index (κ1) is 23.0. The summed E-state index contributed by atoms with van der Waals surface area (Å²) in [5.41, 5.74) is 2.75. The summed E-state index contributed by atoms with van der Waals surface area (Å²) in [5.74, 6) is 2.34. The maximum atomic E-state index is 14.8. The number of hydrogen-bond acceptors (Lipinski definition) is 0. The second-order valence-electron chi connectivity index (χ2n) is 10.2. The van der Waals surface area contributed by atoms with Gasteiger partial charge >= 0.3 is 0 Å². The van der Waals surface area contributed by atoms with Crippen LogP contribution in [0.25, 0.3) is 11.1 Å². The van der Waals surface area contributed by atoms with E-state index < -0.39 is 0 Å². The fourth-order valence-electron chi connectivity index (χ4n) is 6.12. The number of halogens is 2. The van der Waals surface area contributed by atoms with E-state index in [2.05, 4.69) is 13.0 Å². The van der Waals surface area contributed by atoms with Gasteiger partial charge in [0.1, 0.15) is 5.82 Å². The second-order valence-corrected chi connectivity index (χ2v) is 14.1. The van der Waals surface area contributed by atoms with E-state index in [1.54, 1.807) is 24.2 Å². The molecule has 2 aliphatic rings. The molecule has 2 aromatic rings. The topological polar surface area (TPSA) is 0 Å². The monoisotopic (exact) mass is 456 g/mol. The van der Waals surface area contributed by atoms with E-state index in [4.69, 9.17) is 11.6 Å². The van der Waals surface area contributed by atoms with Crippen LogP contribution >= 0.6 is 11.6 Å². The van der Waals surface area contributed by atoms with Crippen molar-refractivity contribution in [3.8, 4) is 11.1 Å². The van der Waals surface area contributed by atoms with Crippen molar-refractivity contribution in [3.63, 3.8) is 0 Å². The number of hydrogen-bond donors (Lipinski definition) is 0. The third-order valence-electron chi connectivity index (χ3n) is 8.11. The van der Waals surface area contributed by atoms with Crippen molar-refractivity contribution in [2.24, 2.45) is 11.8 Å². The van der Waals surface area contributed by atoms with Gasteiger partial charge in [0.05, 0.1) is 0 Å². The van der Waals surface area contributed by atoms with Gasteiger partial charge in [-0.15, -0.1) is 0 Å². The van der Waals surface area contributed by atoms with E-state index in [0.717, 1.165) is 17.4 Å². The first-order valence-corrected chi connectivity index (χ1v) is 15.5. The molecule has 0 amide bonds. The van der Waals surface area contributed by atoms with Crippen LogP contribution in [-0.2, 0) is 0 Å². The molecule has 0 radical (unpaired) electrons. The summed E-state index contributed by atoms with van der Waals surface area (Å²) in [5, 5.41) is 0.684. The highest BCUT2D eigenvalue weighted by Crippen LogP contribution is 2.40. The Hall–Kier alpha value is -1.12. The normalized spacial score (nSPS) is 26.7. The van der Waals surface area contributed by atoms with Crippen LogP contribution in [0.4, 0.5) is 4.39 Å². The predicted molar refractivity (Wildman–Crippen MR) is 135 cm³/mol. The highest BCUT2D eigenvalue weighted by molar-refractivity contribution is 6.58. The van der Waals surface area contributed by atoms with Gasteiger partial charge in [0.2, 0.25) is 0 Å². The Morgan fingerprint density at radius 2 is 1.52 bits per heavy atom. The van der Waals surface area contributed by atoms with Crippen LogP contribution in [0.5, 0.6) is 0 Å². The minimum absolute atomic E-state index is 0.107. The smallest absolute Gasteiger partial charge is 0.131 e. The third-order valence-corrected chi connectivity index (χ3v) is 12.1. The predicted octanol–water partition coefficient (Wildman–Crippen LogP) is 9.25. The minimum Gasteiger partial charge on any atom is -0.206 e. The Kier molecular flexibility index (Phi) is 8.28. The van der Waals surface area contributed by atoms with E-state index in [9.17, 15) is 4.39 Å². The van der Waals surface area contributed by atoms with Crippen molar-refractivity contribution in [1.82, 2.24) is 0 Å². The summed E-state index contributed by atoms with van der Waals surface area (Å²) in [6.45, 7) is 2.36. The molecule has 0 N–H and O–H groups in total. The standard InChI is InChI=1S/C28H38ClFSi/c1-2-17-31-18-15-22(16-19-31)4-3-21-5-7-23(8-6-21)25-11-14-27(28(30)20-25)24-9-12-26(29)13-10-24/h9-14,20-23,31H,2-8,15-19H2,1H3/t21-,22?,23-,31?. The number of rotatable bonds is 7. The van der Waals surface area contributed by atoms with Crippen LogP contribution in [-0.4, -0.2) is 8.80 Å². The SMILES string of the molecule is CCC[SiH]1CCC(CC[C@H]2CC[C@H](c3ccc(-c4ccc(Cl)cc4)c(F)c3)CC2)CC1. The molecular weight excluding hydrogens is 419 g/mol. The van der Waals surface area contributed by atoms with Crippen molar-refractivity contribution in [3.05, 3.63) is 58.9 Å². The molecule has 31 heavy (non-hydrogen) atoms. The van der Waals surface area contributed by atoms with Gasteiger partial charge in [-0.05, 0) is 72.8 Å². The lowest BCUT2D eigenvalue weighted by Crippen LogP contribution is -2.22. The Morgan fingerprint density at radius 1 is 0.871 bits per heavy atom. The van der Waals surface area contributed by atoms with Gasteiger partial charge in [0, 0.05) is 19.4 Å². The summed E-state index contributed by atoms with van der Waals surface area (Å²) in [7, 11) is -0.334. The van der Waals surface area contributed by atoms with Crippen LogP contribution in [0.15, 0.2) is 42.5 Å². The molecule has 1 aliphatic heterocycles. The molecule has 0 aromatic heterocycles. The minimum atomic E-state index is -0.334. The molecular formula is C28H38ClFSi. The Balaban J connectivity index is 1.24. The van der Waals surface area contributed by atoms with Crippen molar-refractivity contribution in [1.29, 1.82) is 0 Å². The molecule has 0 spiro atoms. The molecule has 3 heteroatoms. The molecule has 0 atom stereocenters. The van der Waals surface area contributed by atoms with Gasteiger partial charge in [0.25, 0.3) is 0 Å². The van der Waals surface area contributed by atoms with Crippen molar-refractivity contribution in [2.45, 2.75) is 88.8 Å². The fraction of sp³-hybridized carbons (Fsp3) is 0.571. The van der Waals surface area contributed by atoms with E-state index in [1.807, 2.05) is 30.3 Å². The summed E-state index contributed by atoms with van der Waals surface area (Å²) in [6, 6.07) is 18.1. The molecule has 2 aromatic carbocycles. The summed E-state index contributed by atoms with van der Waals surface area (Å²) < 4.78 is 14.8. The van der Waals surface area contributed by atoms with E-state index in [0.29, 0.717) is 16.5 Å². The van der Waals surface area contributed by atoms with Gasteiger partial charge in [-0.25, -0.2) is 4.39 Å². The molecule has 1 saturated heterocycles. The summed E-state index contributed by atoms with van der Waals surface area (Å²) in [4.78, 5) is 0. The highest BCUT2D eigenvalue weighted by Gasteiger charge is 2.26. The number of benzene rings is 2. The van der Waals surface area contributed by atoms with Crippen LogP contribution in [0.2, 0.25) is 23.2 Å². The van der Waals surface area contributed by atoms with Gasteiger partial charge in [0.15, 0.2) is 0 Å². The second kappa shape index (κ2) is 11.1. The zero-order chi connectivity index (χ0) is 21.6. The summed E-state index contributed by atoms with van der Waals surface area (Å²) >= 11 is 5.97. The molecule has 1 heterocycles. The van der Waals surface area contributed by atoms with Crippen molar-refractivity contribution in [2.75, 3.05) is 0 Å². The largest absolute Gasteiger partial charge is 0.206 e. The van der Waals surface area contributed by atoms with Crippen molar-refractivity contribution >= 4 is 20.4 Å². The maximum Gasteiger partial charge on any atom is 0.131 e. The molecule has 168 valence electrons. The van der Waals surface area contributed by atoms with Crippen molar-refractivity contribution < 1.29 is 4.39 Å². The van der Waals surface area contributed by atoms with Crippen LogP contribution in [0.3, 0.4) is 0 Å². The molecule has 0 bridgehead atoms. The maximum absolute atomic E-state index is 14.8. The lowest BCUT2D eigenvalue weighted by atomic mass is 9.76. The fourth-order valence-corrected chi connectivity index (χ4v) is 9.82. The Bertz CT molecular complexity index is 817. The van der Waals surface area contributed by atoms with Crippen LogP contribution in [0, 0.1) is 17.7 Å². The van der Waals surface area contributed by atoms with E-state index >= 15 is 0 Å². The van der Waals surface area contributed by atoms with Gasteiger partial charge < -0.3 is 0 Å². The molecule has 1 aliphatic carbocycles. The van der Waals surface area contributed by atoms with E-state index in [-0.39, 0.29) is 14.6 Å². The lowest BCUT2D eigenvalue weighted by Gasteiger charge is -2.32. The van der Waals surface area contributed by atoms with Gasteiger partial charge in [-0.3, -0.25) is 0 Å². The molecule has 1 saturated carbocycles. The Morgan fingerprint density at radius 3 is 2.13 bits per heavy atom. The third kappa shape index (κ3) is 6.23. The first-order chi connectivity index (χ1) is 15.1. The zero-order valence-electron chi connectivity index (χ0n) is 19.1. The lowest BCUT2D eigenvalue weighted by molar-refractivity contribution is 0.280. The Labute approximate surface area is 195 Å². The van der Waals surface area contributed by atoms with Gasteiger partial charge in [-0.1, -0.05) is 93.0 Å². The molecule has 4 rings (SSSR count). The molecule has 2 fully saturated rings. The quantitative estimate of drug-likeness (QED) is 0.364. The van der Waals surface area contributed by atoms with E-state index in [1.165, 1.54) is 63.4 Å². The zero-order valence-corrected chi connectivity index (χ0v) is 21.0. The molecule has 0 nitrogen and oxygen atoms in total. The highest BCUT2D eigenvalue weighted by atomic mass is 35.5. The average molecular weight is 457 g/mol. The summed E-state index contributed by atoms with van der Waals surface area (Å²) in [6.07, 6.45) is 12.5.